The predicted octanol–water partition coefficient (Wildman–Crippen LogP) is 15.8. The van der Waals surface area contributed by atoms with E-state index < -0.39 is 17.0 Å². The van der Waals surface area contributed by atoms with Gasteiger partial charge in [-0.2, -0.15) is 0 Å². The molecule has 9 nitrogen and oxygen atoms in total. The highest BCUT2D eigenvalue weighted by atomic mass is 79.9. The highest BCUT2D eigenvalue weighted by Crippen LogP contribution is 2.58. The van der Waals surface area contributed by atoms with Gasteiger partial charge in [0.1, 0.15) is 34.5 Å². The van der Waals surface area contributed by atoms with Crippen molar-refractivity contribution in [2.24, 2.45) is 23.7 Å². The second-order valence-electron chi connectivity index (χ2n) is 20.3. The van der Waals surface area contributed by atoms with E-state index in [2.05, 4.69) is 31.1 Å². The molecule has 0 amide bonds. The SMILES string of the molecule is OC1(c2ccc(Br)cc2F)[C@@H]2CC[C@H]1CC(OCc1c(-c3c(Cl)cccc3Cl)noc1C1CC1)C2.[C-]#[N+]c1ccc(C2(O)[C@@H]3CC[C@H]2CC(OCc2c(-c4c(Cl)cccc4Cl)noc2C2CC2)C3)c(F)c1. The fourth-order valence-electron chi connectivity index (χ4n) is 12.4. The average molecular weight is 1110 g/mol. The van der Waals surface area contributed by atoms with E-state index in [1.165, 1.54) is 12.1 Å². The van der Waals surface area contributed by atoms with Crippen molar-refractivity contribution < 1.29 is 37.5 Å². The van der Waals surface area contributed by atoms with Gasteiger partial charge in [-0.15, -0.1) is 0 Å². The predicted molar refractivity (Wildman–Crippen MR) is 270 cm³/mol. The molecule has 6 aliphatic carbocycles. The molecule has 0 aliphatic heterocycles. The summed E-state index contributed by atoms with van der Waals surface area (Å²) in [5, 5.41) is 34.1. The Balaban J connectivity index is 0.000000154. The zero-order valence-corrected chi connectivity index (χ0v) is 43.1. The molecule has 4 aromatic carbocycles. The van der Waals surface area contributed by atoms with Gasteiger partial charge in [-0.3, -0.25) is 0 Å². The Kier molecular flexibility index (Phi) is 13.7. The van der Waals surface area contributed by atoms with Crippen LogP contribution >= 0.6 is 62.3 Å². The third-order valence-electron chi connectivity index (χ3n) is 16.1. The number of benzene rings is 4. The van der Waals surface area contributed by atoms with Gasteiger partial charge in [0.15, 0.2) is 5.69 Å². The van der Waals surface area contributed by atoms with Crippen LogP contribution in [0.2, 0.25) is 20.1 Å². The maximum absolute atomic E-state index is 14.9. The second kappa shape index (κ2) is 19.8. The molecule has 6 aliphatic rings. The van der Waals surface area contributed by atoms with Crippen molar-refractivity contribution in [1.82, 2.24) is 10.3 Å². The molecule has 4 unspecified atom stereocenters. The zero-order chi connectivity index (χ0) is 49.3. The van der Waals surface area contributed by atoms with E-state index in [9.17, 15) is 19.0 Å². The lowest BCUT2D eigenvalue weighted by molar-refractivity contribution is -0.117. The van der Waals surface area contributed by atoms with Crippen LogP contribution in [0.25, 0.3) is 27.4 Å². The van der Waals surface area contributed by atoms with E-state index in [1.807, 2.05) is 0 Å². The average Bonchev–Trinajstić information content (AvgIpc) is 4.27. The molecule has 2 aromatic heterocycles. The van der Waals surface area contributed by atoms with Gasteiger partial charge in [0.25, 0.3) is 0 Å². The summed E-state index contributed by atoms with van der Waals surface area (Å²) in [6.07, 6.45) is 10.1. The maximum Gasteiger partial charge on any atom is 0.190 e. The molecule has 0 spiro atoms. The quantitative estimate of drug-likeness (QED) is 0.116. The van der Waals surface area contributed by atoms with Crippen LogP contribution in [0.3, 0.4) is 0 Å². The van der Waals surface area contributed by atoms with E-state index >= 15 is 0 Å². The summed E-state index contributed by atoms with van der Waals surface area (Å²) in [5.74, 6) is 1.16. The number of ether oxygens (including phenoxy) is 2. The Hall–Kier alpha value is -3.87. The lowest BCUT2D eigenvalue weighted by atomic mass is 9.69. The van der Waals surface area contributed by atoms with Gasteiger partial charge in [-0.1, -0.05) is 103 Å². The van der Waals surface area contributed by atoms with Crippen LogP contribution in [-0.4, -0.2) is 32.7 Å². The Morgan fingerprint density at radius 1 is 0.606 bits per heavy atom. The normalized spacial score (nSPS) is 27.6. The van der Waals surface area contributed by atoms with Crippen LogP contribution in [0.5, 0.6) is 0 Å². The number of fused-ring (bicyclic) bond motifs is 4. The maximum atomic E-state index is 14.9. The fourth-order valence-corrected chi connectivity index (χ4v) is 13.9. The monoisotopic (exact) mass is 1110 g/mol. The Morgan fingerprint density at radius 2 is 1.00 bits per heavy atom. The molecule has 6 aromatic rings. The summed E-state index contributed by atoms with van der Waals surface area (Å²) in [4.78, 5) is 3.30. The molecule has 16 heteroatoms. The molecular formula is C55H50BrCl4F2N3O6. The summed E-state index contributed by atoms with van der Waals surface area (Å²) in [6, 6.07) is 20.1. The van der Waals surface area contributed by atoms with Crippen LogP contribution in [0, 0.1) is 41.9 Å². The number of nitrogens with zero attached hydrogens (tertiary/aromatic N) is 3. The van der Waals surface area contributed by atoms with Gasteiger partial charge in [-0.25, -0.2) is 13.6 Å². The second-order valence-corrected chi connectivity index (χ2v) is 22.8. The number of aromatic nitrogens is 2. The molecule has 2 heterocycles. The van der Waals surface area contributed by atoms with E-state index in [0.717, 1.165) is 74.0 Å². The van der Waals surface area contributed by atoms with E-state index in [-0.39, 0.29) is 47.4 Å². The van der Waals surface area contributed by atoms with Gasteiger partial charge in [-0.05, 0) is 143 Å². The van der Waals surface area contributed by atoms with Crippen molar-refractivity contribution in [3.05, 3.63) is 154 Å². The van der Waals surface area contributed by atoms with Crippen molar-refractivity contribution in [2.75, 3.05) is 0 Å². The van der Waals surface area contributed by atoms with E-state index in [0.29, 0.717) is 109 Å². The van der Waals surface area contributed by atoms with Gasteiger partial charge < -0.3 is 28.7 Å². The molecule has 6 fully saturated rings. The van der Waals surface area contributed by atoms with Gasteiger partial charge >= 0.3 is 0 Å². The number of hydrogen-bond acceptors (Lipinski definition) is 8. The molecule has 12 rings (SSSR count). The molecule has 6 saturated carbocycles. The summed E-state index contributed by atoms with van der Waals surface area (Å²) < 4.78 is 54.8. The van der Waals surface area contributed by atoms with Crippen molar-refractivity contribution in [1.29, 1.82) is 0 Å². The first-order valence-corrected chi connectivity index (χ1v) is 26.7. The number of hydrogen-bond donors (Lipinski definition) is 2. The largest absolute Gasteiger partial charge is 0.384 e. The molecule has 8 atom stereocenters. The van der Waals surface area contributed by atoms with Crippen molar-refractivity contribution >= 4 is 68.0 Å². The molecule has 0 saturated heterocycles. The van der Waals surface area contributed by atoms with Gasteiger partial charge in [0.05, 0.1) is 63.3 Å². The molecule has 71 heavy (non-hydrogen) atoms. The molecule has 4 bridgehead atoms. The molecular weight excluding hydrogens is 1060 g/mol. The van der Waals surface area contributed by atoms with Crippen molar-refractivity contribution in [3.63, 3.8) is 0 Å². The minimum Gasteiger partial charge on any atom is -0.384 e. The van der Waals surface area contributed by atoms with Crippen molar-refractivity contribution in [3.8, 4) is 22.5 Å². The Morgan fingerprint density at radius 3 is 1.37 bits per heavy atom. The van der Waals surface area contributed by atoms with E-state index in [1.54, 1.807) is 60.7 Å². The number of halogens is 7. The van der Waals surface area contributed by atoms with Crippen LogP contribution < -0.4 is 0 Å². The minimum atomic E-state index is -1.24. The summed E-state index contributed by atoms with van der Waals surface area (Å²) >= 11 is 29.2. The summed E-state index contributed by atoms with van der Waals surface area (Å²) in [7, 11) is 0. The third kappa shape index (κ3) is 9.18. The Labute approximate surface area is 439 Å². The highest BCUT2D eigenvalue weighted by molar-refractivity contribution is 9.10. The topological polar surface area (TPSA) is 115 Å². The Bertz CT molecular complexity index is 2980. The zero-order valence-electron chi connectivity index (χ0n) is 38.5. The van der Waals surface area contributed by atoms with Gasteiger partial charge in [0, 0.05) is 49.7 Å². The van der Waals surface area contributed by atoms with Crippen molar-refractivity contribution in [2.45, 2.75) is 126 Å². The van der Waals surface area contributed by atoms with Crippen LogP contribution in [0.1, 0.15) is 123 Å². The first-order valence-electron chi connectivity index (χ1n) is 24.4. The van der Waals surface area contributed by atoms with E-state index in [4.69, 9.17) is 71.5 Å². The lowest BCUT2D eigenvalue weighted by Crippen LogP contribution is -2.45. The first-order chi connectivity index (χ1) is 34.3. The molecule has 0 radical (unpaired) electrons. The number of rotatable bonds is 12. The fraction of sp³-hybridized carbons (Fsp3) is 0.436. The highest BCUT2D eigenvalue weighted by Gasteiger charge is 2.57. The third-order valence-corrected chi connectivity index (χ3v) is 17.9. The summed E-state index contributed by atoms with van der Waals surface area (Å²) in [6.45, 7) is 7.76. The lowest BCUT2D eigenvalue weighted by Gasteiger charge is -2.43. The smallest absolute Gasteiger partial charge is 0.190 e. The molecule has 2 N–H and O–H groups in total. The standard InChI is InChI=1S/C28H25Cl2FN2O3.C27H25BrCl2FNO3/c1-32-18-9-10-21(24(31)13-18)28(34)16-7-8-17(28)12-19(11-16)35-14-20-26(33-36-27(20)15-5-6-15)25-22(29)3-2-4-23(25)30;28-17-8-9-20(23(31)12-17)27(33)15-6-7-16(27)11-18(10-15)34-13-19-25(32-35-26(19)14-4-5-14)24-21(29)2-1-3-22(24)30/h2-4,9-10,13,15-17,19,34H,5-8,11-12,14H2;1-3,8-9,12,14-16,18,33H,4-7,10-11,13H2/t16-,17+,19?,28?;15-,16+,18?,27?. The first kappa shape index (κ1) is 49.3. The minimum absolute atomic E-state index is 0.0391. The number of aliphatic hydroxyl groups is 2. The van der Waals surface area contributed by atoms with Crippen LogP contribution in [0.4, 0.5) is 14.5 Å². The van der Waals surface area contributed by atoms with Crippen LogP contribution in [-0.2, 0) is 33.9 Å². The van der Waals surface area contributed by atoms with Crippen LogP contribution in [0.15, 0.2) is 86.3 Å². The van der Waals surface area contributed by atoms with Gasteiger partial charge in [0.2, 0.25) is 0 Å². The summed E-state index contributed by atoms with van der Waals surface area (Å²) in [5.41, 5.74) is 2.87. The molecule has 370 valence electrons.